The minimum absolute atomic E-state index is 0.193. The van der Waals surface area contributed by atoms with Gasteiger partial charge in [0.1, 0.15) is 12.4 Å². The molecule has 29 heavy (non-hydrogen) atoms. The number of benzene rings is 3. The van der Waals surface area contributed by atoms with Crippen LogP contribution < -0.4 is 10.9 Å². The zero-order valence-electron chi connectivity index (χ0n) is 15.5. The van der Waals surface area contributed by atoms with Crippen LogP contribution in [0, 0.1) is 5.82 Å². The molecule has 1 heterocycles. The molecule has 144 valence electrons. The van der Waals surface area contributed by atoms with Gasteiger partial charge in [-0.2, -0.15) is 5.10 Å². The minimum Gasteiger partial charge on any atom is -0.350 e. The average Bonchev–Trinajstić information content (AvgIpc) is 2.74. The molecule has 1 amide bonds. The van der Waals surface area contributed by atoms with Gasteiger partial charge in [-0.3, -0.25) is 9.59 Å². The highest BCUT2D eigenvalue weighted by molar-refractivity contribution is 5.86. The van der Waals surface area contributed by atoms with Crippen LogP contribution in [0.5, 0.6) is 0 Å². The molecule has 4 aromatic rings. The van der Waals surface area contributed by atoms with Gasteiger partial charge in [0, 0.05) is 18.2 Å². The van der Waals surface area contributed by atoms with Crippen LogP contribution in [0.3, 0.4) is 0 Å². The lowest BCUT2D eigenvalue weighted by Crippen LogP contribution is -2.33. The van der Waals surface area contributed by atoms with Crippen LogP contribution in [0.4, 0.5) is 4.39 Å². The summed E-state index contributed by atoms with van der Waals surface area (Å²) >= 11 is 0. The maximum atomic E-state index is 12.9. The van der Waals surface area contributed by atoms with Gasteiger partial charge in [0.15, 0.2) is 0 Å². The summed E-state index contributed by atoms with van der Waals surface area (Å²) in [4.78, 5) is 24.4. The molecule has 0 saturated carbocycles. The SMILES string of the molecule is O=C(Cn1nc(-c2ccc3ccccc3c2)ccc1=O)NCc1ccc(F)cc1. The highest BCUT2D eigenvalue weighted by Crippen LogP contribution is 2.22. The van der Waals surface area contributed by atoms with Gasteiger partial charge in [-0.25, -0.2) is 9.07 Å². The fourth-order valence-electron chi connectivity index (χ4n) is 3.06. The van der Waals surface area contributed by atoms with Gasteiger partial charge >= 0.3 is 0 Å². The second kappa shape index (κ2) is 8.06. The molecular formula is C23H18FN3O2. The van der Waals surface area contributed by atoms with Crippen LogP contribution in [0.15, 0.2) is 83.7 Å². The number of halogens is 1. The van der Waals surface area contributed by atoms with Crippen molar-refractivity contribution in [3.63, 3.8) is 0 Å². The lowest BCUT2D eigenvalue weighted by Gasteiger charge is -2.09. The first-order valence-electron chi connectivity index (χ1n) is 9.17. The monoisotopic (exact) mass is 387 g/mol. The van der Waals surface area contributed by atoms with E-state index in [9.17, 15) is 14.0 Å². The van der Waals surface area contributed by atoms with Crippen LogP contribution in [0.2, 0.25) is 0 Å². The minimum atomic E-state index is -0.355. The normalized spacial score (nSPS) is 10.8. The van der Waals surface area contributed by atoms with Gasteiger partial charge in [0.25, 0.3) is 5.56 Å². The predicted octanol–water partition coefficient (Wildman–Crippen LogP) is 3.52. The van der Waals surface area contributed by atoms with E-state index >= 15 is 0 Å². The van der Waals surface area contributed by atoms with E-state index in [0.717, 1.165) is 26.6 Å². The molecule has 0 aliphatic carbocycles. The van der Waals surface area contributed by atoms with Gasteiger partial charge in [-0.05, 0) is 40.6 Å². The van der Waals surface area contributed by atoms with Gasteiger partial charge in [0.05, 0.1) is 5.69 Å². The number of hydrogen-bond acceptors (Lipinski definition) is 3. The largest absolute Gasteiger partial charge is 0.350 e. The Bertz CT molecular complexity index is 1230. The smallest absolute Gasteiger partial charge is 0.267 e. The number of fused-ring (bicyclic) bond motifs is 1. The summed E-state index contributed by atoms with van der Waals surface area (Å²) in [6.07, 6.45) is 0. The van der Waals surface area contributed by atoms with Crippen LogP contribution in [-0.4, -0.2) is 15.7 Å². The molecule has 1 N–H and O–H groups in total. The summed E-state index contributed by atoms with van der Waals surface area (Å²) in [5, 5.41) is 9.25. The molecule has 1 aromatic heterocycles. The highest BCUT2D eigenvalue weighted by Gasteiger charge is 2.09. The number of rotatable bonds is 5. The van der Waals surface area contributed by atoms with Crippen molar-refractivity contribution in [2.45, 2.75) is 13.1 Å². The van der Waals surface area contributed by atoms with E-state index in [4.69, 9.17) is 0 Å². The number of amides is 1. The summed E-state index contributed by atoms with van der Waals surface area (Å²) in [7, 11) is 0. The maximum Gasteiger partial charge on any atom is 0.267 e. The average molecular weight is 387 g/mol. The summed E-state index contributed by atoms with van der Waals surface area (Å²) in [5.74, 6) is -0.680. The van der Waals surface area contributed by atoms with Crippen LogP contribution in [-0.2, 0) is 17.9 Å². The fourth-order valence-corrected chi connectivity index (χ4v) is 3.06. The van der Waals surface area contributed by atoms with Crippen molar-refractivity contribution in [2.24, 2.45) is 0 Å². The topological polar surface area (TPSA) is 64.0 Å². The Hall–Kier alpha value is -3.80. The number of aromatic nitrogens is 2. The zero-order chi connectivity index (χ0) is 20.2. The number of carbonyl (C=O) groups is 1. The quantitative estimate of drug-likeness (QED) is 0.570. The molecule has 0 unspecified atom stereocenters. The van der Waals surface area contributed by atoms with Crippen molar-refractivity contribution < 1.29 is 9.18 Å². The van der Waals surface area contributed by atoms with E-state index in [2.05, 4.69) is 10.4 Å². The Morgan fingerprint density at radius 1 is 0.931 bits per heavy atom. The van der Waals surface area contributed by atoms with Gasteiger partial charge < -0.3 is 5.32 Å². The van der Waals surface area contributed by atoms with E-state index in [1.807, 2.05) is 42.5 Å². The van der Waals surface area contributed by atoms with E-state index < -0.39 is 0 Å². The standard InChI is InChI=1S/C23H18FN3O2/c24-20-9-5-16(6-10-20)14-25-22(28)15-27-23(29)12-11-21(26-27)19-8-7-17-3-1-2-4-18(17)13-19/h1-13H,14-15H2,(H,25,28). The molecule has 0 bridgehead atoms. The van der Waals surface area contributed by atoms with E-state index in [1.165, 1.54) is 18.2 Å². The Morgan fingerprint density at radius 2 is 1.69 bits per heavy atom. The molecule has 0 fully saturated rings. The lowest BCUT2D eigenvalue weighted by molar-refractivity contribution is -0.122. The van der Waals surface area contributed by atoms with Crippen molar-refractivity contribution in [1.82, 2.24) is 15.1 Å². The summed E-state index contributed by atoms with van der Waals surface area (Å²) < 4.78 is 14.1. The third-order valence-electron chi connectivity index (χ3n) is 4.61. The third-order valence-corrected chi connectivity index (χ3v) is 4.61. The molecule has 0 saturated heterocycles. The van der Waals surface area contributed by atoms with Crippen LogP contribution in [0.1, 0.15) is 5.56 Å². The summed E-state index contributed by atoms with van der Waals surface area (Å²) in [6, 6.07) is 22.8. The Labute approximate surface area is 166 Å². The Balaban J connectivity index is 1.50. The van der Waals surface area contributed by atoms with Crippen LogP contribution >= 0.6 is 0 Å². The van der Waals surface area contributed by atoms with Gasteiger partial charge in [-0.1, -0.05) is 48.5 Å². The van der Waals surface area contributed by atoms with Crippen molar-refractivity contribution in [3.8, 4) is 11.3 Å². The third kappa shape index (κ3) is 4.38. The number of nitrogens with one attached hydrogen (secondary N) is 1. The van der Waals surface area contributed by atoms with Crippen molar-refractivity contribution in [2.75, 3.05) is 0 Å². The number of nitrogens with zero attached hydrogens (tertiary/aromatic N) is 2. The second-order valence-electron chi connectivity index (χ2n) is 6.68. The fraction of sp³-hybridized carbons (Fsp3) is 0.0870. The first-order chi connectivity index (χ1) is 14.1. The number of carbonyl (C=O) groups excluding carboxylic acids is 1. The number of hydrogen-bond donors (Lipinski definition) is 1. The van der Waals surface area contributed by atoms with Crippen molar-refractivity contribution in [1.29, 1.82) is 0 Å². The molecule has 0 aliphatic heterocycles. The lowest BCUT2D eigenvalue weighted by atomic mass is 10.1. The summed E-state index contributed by atoms with van der Waals surface area (Å²) in [6.45, 7) is 0.0552. The molecule has 6 heteroatoms. The second-order valence-corrected chi connectivity index (χ2v) is 6.68. The van der Waals surface area contributed by atoms with Crippen molar-refractivity contribution in [3.05, 3.63) is 101 Å². The first-order valence-corrected chi connectivity index (χ1v) is 9.17. The van der Waals surface area contributed by atoms with Crippen LogP contribution in [0.25, 0.3) is 22.0 Å². The zero-order valence-corrected chi connectivity index (χ0v) is 15.5. The first kappa shape index (κ1) is 18.6. The van der Waals surface area contributed by atoms with Gasteiger partial charge in [0.2, 0.25) is 5.91 Å². The van der Waals surface area contributed by atoms with E-state index in [1.54, 1.807) is 18.2 Å². The Morgan fingerprint density at radius 3 is 2.48 bits per heavy atom. The van der Waals surface area contributed by atoms with Gasteiger partial charge in [-0.15, -0.1) is 0 Å². The highest BCUT2D eigenvalue weighted by atomic mass is 19.1. The molecule has 0 aliphatic rings. The molecule has 4 rings (SSSR count). The van der Waals surface area contributed by atoms with Crippen molar-refractivity contribution >= 4 is 16.7 Å². The molecule has 3 aromatic carbocycles. The molecule has 0 spiro atoms. The predicted molar refractivity (Wildman–Crippen MR) is 110 cm³/mol. The Kier molecular flexibility index (Phi) is 5.16. The van der Waals surface area contributed by atoms with E-state index in [-0.39, 0.29) is 30.4 Å². The maximum absolute atomic E-state index is 12.9. The molecule has 0 atom stereocenters. The summed E-state index contributed by atoms with van der Waals surface area (Å²) in [5.41, 5.74) is 1.89. The molecular weight excluding hydrogens is 369 g/mol. The van der Waals surface area contributed by atoms with E-state index in [0.29, 0.717) is 5.69 Å². The molecule has 0 radical (unpaired) electrons. The molecule has 5 nitrogen and oxygen atoms in total.